The molecule has 0 radical (unpaired) electrons. The van der Waals surface area contributed by atoms with Gasteiger partial charge in [0.25, 0.3) is 0 Å². The number of benzene rings is 3. The van der Waals surface area contributed by atoms with Crippen LogP contribution in [-0.4, -0.2) is 12.4 Å². The summed E-state index contributed by atoms with van der Waals surface area (Å²) >= 11 is 0. The SMILES string of the molecule is C\C(C=O)=C/C=C/C(C)=C/C[P+](c1ccccc1)(c1ccccc1)c1ccccc1. The first-order chi connectivity index (χ1) is 14.7. The second kappa shape index (κ2) is 10.7. The normalized spacial score (nSPS) is 12.9. The first-order valence-electron chi connectivity index (χ1n) is 10.2. The molecule has 0 heterocycles. The number of hydrogen-bond donors (Lipinski definition) is 0. The van der Waals surface area contributed by atoms with Crippen molar-refractivity contribution in [1.82, 2.24) is 0 Å². The second-order valence-corrected chi connectivity index (χ2v) is 10.9. The number of allylic oxidation sites excluding steroid dienone is 6. The summed E-state index contributed by atoms with van der Waals surface area (Å²) < 4.78 is 0. The molecule has 0 aliphatic carbocycles. The van der Waals surface area contributed by atoms with Crippen LogP contribution in [0, 0.1) is 0 Å². The minimum absolute atomic E-state index is 0.721. The van der Waals surface area contributed by atoms with Gasteiger partial charge >= 0.3 is 0 Å². The van der Waals surface area contributed by atoms with E-state index < -0.39 is 7.26 Å². The third-order valence-electron chi connectivity index (χ3n) is 5.18. The van der Waals surface area contributed by atoms with Gasteiger partial charge in [-0.2, -0.15) is 0 Å². The van der Waals surface area contributed by atoms with Gasteiger partial charge in [-0.25, -0.2) is 0 Å². The summed E-state index contributed by atoms with van der Waals surface area (Å²) in [5, 5.41) is 4.14. The summed E-state index contributed by atoms with van der Waals surface area (Å²) in [6, 6.07) is 32.7. The average Bonchev–Trinajstić information content (AvgIpc) is 2.81. The van der Waals surface area contributed by atoms with E-state index in [2.05, 4.69) is 110 Å². The van der Waals surface area contributed by atoms with Gasteiger partial charge in [0.1, 0.15) is 29.5 Å². The van der Waals surface area contributed by atoms with E-state index in [1.165, 1.54) is 21.5 Å². The van der Waals surface area contributed by atoms with Gasteiger partial charge in [-0.05, 0) is 61.9 Å². The lowest BCUT2D eigenvalue weighted by atomic mass is 10.2. The first-order valence-corrected chi connectivity index (χ1v) is 12.2. The molecule has 0 atom stereocenters. The van der Waals surface area contributed by atoms with Gasteiger partial charge in [0, 0.05) is 0 Å². The van der Waals surface area contributed by atoms with E-state index in [1.54, 1.807) is 0 Å². The summed E-state index contributed by atoms with van der Waals surface area (Å²) in [5.41, 5.74) is 1.91. The molecule has 0 unspecified atom stereocenters. The zero-order valence-corrected chi connectivity index (χ0v) is 18.5. The van der Waals surface area contributed by atoms with E-state index >= 15 is 0 Å². The fourth-order valence-corrected chi connectivity index (χ4v) is 7.68. The van der Waals surface area contributed by atoms with Gasteiger partial charge in [0.2, 0.25) is 0 Å². The standard InChI is InChI=1S/C28H28OP/c1-24(13-12-14-25(2)23-29)21-22-30(26-15-6-3-7-16-26,27-17-8-4-9-18-27)28-19-10-5-11-20-28/h3-21,23H,22H2,1-2H3/q+1/b13-12+,24-21+,25-14+. The highest BCUT2D eigenvalue weighted by atomic mass is 31.2. The summed E-state index contributed by atoms with van der Waals surface area (Å²) in [6.07, 6.45) is 10.0. The monoisotopic (exact) mass is 411 g/mol. The van der Waals surface area contributed by atoms with Crippen molar-refractivity contribution in [3.63, 3.8) is 0 Å². The van der Waals surface area contributed by atoms with Crippen LogP contribution in [0.1, 0.15) is 13.8 Å². The lowest BCUT2D eigenvalue weighted by Crippen LogP contribution is -2.33. The van der Waals surface area contributed by atoms with Crippen LogP contribution in [0.15, 0.2) is 126 Å². The molecule has 0 bridgehead atoms. The Labute approximate surface area is 180 Å². The maximum Gasteiger partial charge on any atom is 0.145 e. The van der Waals surface area contributed by atoms with Crippen molar-refractivity contribution in [2.45, 2.75) is 13.8 Å². The van der Waals surface area contributed by atoms with Crippen molar-refractivity contribution in [2.75, 3.05) is 6.16 Å². The van der Waals surface area contributed by atoms with Crippen LogP contribution >= 0.6 is 7.26 Å². The number of hydrogen-bond acceptors (Lipinski definition) is 1. The van der Waals surface area contributed by atoms with Crippen molar-refractivity contribution < 1.29 is 4.79 Å². The molecule has 0 spiro atoms. The van der Waals surface area contributed by atoms with Crippen molar-refractivity contribution >= 4 is 29.5 Å². The van der Waals surface area contributed by atoms with Crippen molar-refractivity contribution in [2.24, 2.45) is 0 Å². The third-order valence-corrected chi connectivity index (χ3v) is 9.45. The van der Waals surface area contributed by atoms with E-state index in [0.717, 1.165) is 18.0 Å². The Balaban J connectivity index is 2.12. The summed E-state index contributed by atoms with van der Waals surface area (Å²) in [7, 11) is -1.85. The lowest BCUT2D eigenvalue weighted by Gasteiger charge is -2.26. The highest BCUT2D eigenvalue weighted by molar-refractivity contribution is 7.95. The molecule has 30 heavy (non-hydrogen) atoms. The van der Waals surface area contributed by atoms with Crippen molar-refractivity contribution in [1.29, 1.82) is 0 Å². The Hall–Kier alpha value is -3.02. The van der Waals surface area contributed by atoms with E-state index in [9.17, 15) is 4.79 Å². The van der Waals surface area contributed by atoms with Crippen LogP contribution in [0.2, 0.25) is 0 Å². The van der Waals surface area contributed by atoms with Gasteiger partial charge < -0.3 is 0 Å². The Morgan fingerprint density at radius 3 is 1.53 bits per heavy atom. The highest BCUT2D eigenvalue weighted by Crippen LogP contribution is 2.55. The topological polar surface area (TPSA) is 17.1 Å². The summed E-state index contributed by atoms with van der Waals surface area (Å²) in [5.74, 6) is 0. The molecule has 1 nitrogen and oxygen atoms in total. The van der Waals surface area contributed by atoms with E-state index in [1.807, 2.05) is 19.1 Å². The quantitative estimate of drug-likeness (QED) is 0.203. The minimum atomic E-state index is -1.85. The van der Waals surface area contributed by atoms with Crippen molar-refractivity contribution in [3.05, 3.63) is 126 Å². The van der Waals surface area contributed by atoms with E-state index in [-0.39, 0.29) is 0 Å². The number of carbonyl (C=O) groups excluding carboxylic acids is 1. The van der Waals surface area contributed by atoms with Crippen LogP contribution in [0.3, 0.4) is 0 Å². The number of rotatable bonds is 8. The predicted molar refractivity (Wildman–Crippen MR) is 133 cm³/mol. The summed E-state index contributed by atoms with van der Waals surface area (Å²) in [6.45, 7) is 3.93. The molecule has 2 heteroatoms. The summed E-state index contributed by atoms with van der Waals surface area (Å²) in [4.78, 5) is 10.8. The van der Waals surface area contributed by atoms with Gasteiger partial charge in [-0.1, -0.05) is 78.4 Å². The molecule has 0 aliphatic rings. The van der Waals surface area contributed by atoms with Crippen LogP contribution < -0.4 is 15.9 Å². The zero-order valence-electron chi connectivity index (χ0n) is 17.6. The van der Waals surface area contributed by atoms with Gasteiger partial charge in [-0.3, -0.25) is 4.79 Å². The molecule has 0 aliphatic heterocycles. The molecule has 3 aromatic carbocycles. The molecule has 3 aromatic rings. The Morgan fingerprint density at radius 2 is 1.13 bits per heavy atom. The Morgan fingerprint density at radius 1 is 0.700 bits per heavy atom. The third kappa shape index (κ3) is 5.12. The molecule has 0 aromatic heterocycles. The molecule has 0 saturated heterocycles. The number of carbonyl (C=O) groups is 1. The van der Waals surface area contributed by atoms with Crippen LogP contribution in [0.4, 0.5) is 0 Å². The molecular formula is C28H28OP+. The minimum Gasteiger partial charge on any atom is -0.298 e. The Kier molecular flexibility index (Phi) is 7.71. The molecule has 0 saturated carbocycles. The van der Waals surface area contributed by atoms with Crippen LogP contribution in [0.25, 0.3) is 0 Å². The van der Waals surface area contributed by atoms with Crippen molar-refractivity contribution in [3.8, 4) is 0 Å². The maximum absolute atomic E-state index is 10.8. The molecule has 3 rings (SSSR count). The largest absolute Gasteiger partial charge is 0.298 e. The Bertz CT molecular complexity index is 935. The van der Waals surface area contributed by atoms with Gasteiger partial charge in [0.05, 0.1) is 6.16 Å². The lowest BCUT2D eigenvalue weighted by molar-refractivity contribution is -0.104. The van der Waals surface area contributed by atoms with Gasteiger partial charge in [0.15, 0.2) is 0 Å². The smallest absolute Gasteiger partial charge is 0.145 e. The maximum atomic E-state index is 10.8. The fourth-order valence-electron chi connectivity index (χ4n) is 3.55. The van der Waals surface area contributed by atoms with E-state index in [0.29, 0.717) is 0 Å². The highest BCUT2D eigenvalue weighted by Gasteiger charge is 2.44. The second-order valence-electron chi connectivity index (χ2n) is 7.33. The predicted octanol–water partition coefficient (Wildman–Crippen LogP) is 5.63. The molecule has 0 amide bonds. The van der Waals surface area contributed by atoms with E-state index in [4.69, 9.17) is 0 Å². The molecule has 0 N–H and O–H groups in total. The van der Waals surface area contributed by atoms with Crippen LogP contribution in [-0.2, 0) is 4.79 Å². The average molecular weight is 412 g/mol. The zero-order chi connectivity index (χ0) is 21.2. The van der Waals surface area contributed by atoms with Gasteiger partial charge in [-0.15, -0.1) is 0 Å². The number of aldehydes is 1. The molecular weight excluding hydrogens is 383 g/mol. The van der Waals surface area contributed by atoms with Crippen LogP contribution in [0.5, 0.6) is 0 Å². The first kappa shape index (κ1) is 21.7. The fraction of sp³-hybridized carbons (Fsp3) is 0.107. The molecule has 0 fully saturated rings. The molecule has 150 valence electrons.